The molecule has 3 heterocycles. The summed E-state index contributed by atoms with van der Waals surface area (Å²) in [6.45, 7) is 6.57. The first kappa shape index (κ1) is 32.7. The molecule has 9 nitrogen and oxygen atoms in total. The van der Waals surface area contributed by atoms with Gasteiger partial charge in [0, 0.05) is 48.3 Å². The van der Waals surface area contributed by atoms with Crippen molar-refractivity contribution in [2.24, 2.45) is 17.3 Å². The monoisotopic (exact) mass is 651 g/mol. The Morgan fingerprint density at radius 2 is 1.77 bits per heavy atom. The fourth-order valence-corrected chi connectivity index (χ4v) is 8.17. The van der Waals surface area contributed by atoms with Crippen LogP contribution in [0, 0.1) is 17.3 Å². The molecule has 2 aliphatic heterocycles. The lowest BCUT2D eigenvalue weighted by molar-refractivity contribution is -0.138. The van der Waals surface area contributed by atoms with E-state index in [0.29, 0.717) is 28.9 Å². The molecule has 2 saturated heterocycles. The Kier molecular flexibility index (Phi) is 9.26. The Morgan fingerprint density at radius 3 is 2.50 bits per heavy atom. The third kappa shape index (κ3) is 7.42. The van der Waals surface area contributed by atoms with Crippen LogP contribution in [0.4, 0.5) is 0 Å². The van der Waals surface area contributed by atoms with Crippen LogP contribution in [0.25, 0.3) is 10.9 Å². The Labute approximate surface area is 283 Å². The molecule has 1 saturated carbocycles. The van der Waals surface area contributed by atoms with Crippen LogP contribution in [0.3, 0.4) is 0 Å². The van der Waals surface area contributed by atoms with E-state index in [-0.39, 0.29) is 36.2 Å². The lowest BCUT2D eigenvalue weighted by Crippen LogP contribution is -2.57. The topological polar surface area (TPSA) is 115 Å². The lowest BCUT2D eigenvalue weighted by atomic mass is 9.77. The van der Waals surface area contributed by atoms with Gasteiger partial charge >= 0.3 is 5.97 Å². The first-order chi connectivity index (χ1) is 23.1. The largest absolute Gasteiger partial charge is 0.481 e. The van der Waals surface area contributed by atoms with Gasteiger partial charge in [-0.3, -0.25) is 19.4 Å². The van der Waals surface area contributed by atoms with Gasteiger partial charge in [0.05, 0.1) is 17.6 Å². The molecule has 2 amide bonds. The number of piperidine rings is 1. The van der Waals surface area contributed by atoms with Crippen molar-refractivity contribution in [3.8, 4) is 0 Å². The first-order valence-corrected chi connectivity index (χ1v) is 17.9. The summed E-state index contributed by atoms with van der Waals surface area (Å²) < 4.78 is 0. The highest BCUT2D eigenvalue weighted by molar-refractivity contribution is 5.98. The van der Waals surface area contributed by atoms with Crippen molar-refractivity contribution >= 4 is 28.7 Å². The number of aliphatic carboxylic acids is 1. The number of likely N-dealkylation sites (tertiary alicyclic amines) is 2. The molecule has 9 heteroatoms. The summed E-state index contributed by atoms with van der Waals surface area (Å²) in [5, 5.41) is 16.7. The predicted molar refractivity (Wildman–Crippen MR) is 186 cm³/mol. The molecule has 2 aromatic carbocycles. The standard InChI is InChI=1S/C39H49N5O4/c1-39(13-14-39)31-7-9-34-30(22-31)21-29-20-28(6-8-33(29)41-34)38(48)42-35(12-17-44-15-10-25(11-16-44)18-36(45)46)26-4-3-5-27(19-26)37(47)40-32-23-43(2)24-32/h3-6,8,19-21,25,31-32,35H,7,9-18,22-24H2,1-2H3,(H,40,47)(H,42,48)(H,45,46)/t31?,35-/m1/s1. The van der Waals surface area contributed by atoms with Gasteiger partial charge in [0.25, 0.3) is 11.8 Å². The Bertz CT molecular complexity index is 1690. The number of hydrogen-bond donors (Lipinski definition) is 3. The minimum Gasteiger partial charge on any atom is -0.481 e. The van der Waals surface area contributed by atoms with Crippen LogP contribution in [-0.2, 0) is 17.6 Å². The number of nitrogens with zero attached hydrogens (tertiary/aromatic N) is 3. The molecule has 254 valence electrons. The second kappa shape index (κ2) is 13.6. The van der Waals surface area contributed by atoms with Crippen LogP contribution in [0.5, 0.6) is 0 Å². The van der Waals surface area contributed by atoms with Crippen LogP contribution in [0.2, 0.25) is 0 Å². The van der Waals surface area contributed by atoms with Crippen molar-refractivity contribution in [2.45, 2.75) is 76.8 Å². The molecule has 0 radical (unpaired) electrons. The normalized spacial score (nSPS) is 22.0. The molecule has 7 rings (SSSR count). The maximum Gasteiger partial charge on any atom is 0.303 e. The fraction of sp³-hybridized carbons (Fsp3) is 0.538. The van der Waals surface area contributed by atoms with Gasteiger partial charge in [0.1, 0.15) is 0 Å². The SMILES string of the molecule is CN1CC(NC(=O)c2cccc([C@@H](CCN3CCC(CC(=O)O)CC3)NC(=O)c3ccc4nc5c(cc4c3)CC(C3(C)CC3)CC5)c2)C1. The van der Waals surface area contributed by atoms with Gasteiger partial charge in [-0.25, -0.2) is 0 Å². The molecule has 3 N–H and O–H groups in total. The number of carboxylic acid groups (broad SMARTS) is 1. The number of carbonyl (C=O) groups is 3. The van der Waals surface area contributed by atoms with Crippen LogP contribution in [0.1, 0.15) is 95.4 Å². The lowest BCUT2D eigenvalue weighted by Gasteiger charge is -2.36. The van der Waals surface area contributed by atoms with Gasteiger partial charge in [0.15, 0.2) is 0 Å². The summed E-state index contributed by atoms with van der Waals surface area (Å²) in [6, 6.07) is 15.6. The van der Waals surface area contributed by atoms with E-state index in [1.807, 2.05) is 49.5 Å². The summed E-state index contributed by atoms with van der Waals surface area (Å²) in [4.78, 5) is 47.8. The number of amides is 2. The van der Waals surface area contributed by atoms with Gasteiger partial charge < -0.3 is 25.5 Å². The Balaban J connectivity index is 1.08. The zero-order valence-electron chi connectivity index (χ0n) is 28.3. The summed E-state index contributed by atoms with van der Waals surface area (Å²) in [7, 11) is 2.04. The zero-order valence-corrected chi connectivity index (χ0v) is 28.3. The maximum absolute atomic E-state index is 13.9. The highest BCUT2D eigenvalue weighted by Crippen LogP contribution is 2.55. The molecule has 1 aromatic heterocycles. The number of carboxylic acids is 1. The van der Waals surface area contributed by atoms with Gasteiger partial charge in [0.2, 0.25) is 0 Å². The molecule has 0 spiro atoms. The zero-order chi connectivity index (χ0) is 33.4. The number of nitrogens with one attached hydrogen (secondary N) is 2. The number of hydrogen-bond acceptors (Lipinski definition) is 6. The number of carbonyl (C=O) groups excluding carboxylic acids is 2. The molecule has 4 aliphatic rings. The van der Waals surface area contributed by atoms with E-state index in [4.69, 9.17) is 4.98 Å². The maximum atomic E-state index is 13.9. The molecule has 3 fully saturated rings. The number of rotatable bonds is 11. The van der Waals surface area contributed by atoms with Crippen molar-refractivity contribution < 1.29 is 19.5 Å². The van der Waals surface area contributed by atoms with Crippen LogP contribution >= 0.6 is 0 Å². The molecule has 2 atom stereocenters. The van der Waals surface area contributed by atoms with E-state index >= 15 is 0 Å². The highest BCUT2D eigenvalue weighted by atomic mass is 16.4. The fourth-order valence-electron chi connectivity index (χ4n) is 8.17. The molecule has 2 aliphatic carbocycles. The van der Waals surface area contributed by atoms with E-state index in [2.05, 4.69) is 33.4 Å². The summed E-state index contributed by atoms with van der Waals surface area (Å²) in [5.41, 5.74) is 6.06. The number of aromatic nitrogens is 1. The highest BCUT2D eigenvalue weighted by Gasteiger charge is 2.45. The Morgan fingerprint density at radius 1 is 1.00 bits per heavy atom. The smallest absolute Gasteiger partial charge is 0.303 e. The van der Waals surface area contributed by atoms with Gasteiger partial charge in [-0.05, 0) is 136 Å². The van der Waals surface area contributed by atoms with Gasteiger partial charge in [-0.1, -0.05) is 19.1 Å². The average molecular weight is 652 g/mol. The van der Waals surface area contributed by atoms with Crippen molar-refractivity contribution in [1.29, 1.82) is 0 Å². The summed E-state index contributed by atoms with van der Waals surface area (Å²) in [5.74, 6) is -0.0344. The molecule has 1 unspecified atom stereocenters. The minimum absolute atomic E-state index is 0.0937. The number of fused-ring (bicyclic) bond motifs is 2. The second-order valence-electron chi connectivity index (χ2n) is 15.3. The minimum atomic E-state index is -0.731. The van der Waals surface area contributed by atoms with Crippen molar-refractivity contribution in [3.05, 3.63) is 76.5 Å². The van der Waals surface area contributed by atoms with E-state index in [1.54, 1.807) is 0 Å². The van der Waals surface area contributed by atoms with E-state index in [0.717, 1.165) is 74.9 Å². The van der Waals surface area contributed by atoms with Crippen molar-refractivity contribution in [3.63, 3.8) is 0 Å². The van der Waals surface area contributed by atoms with Gasteiger partial charge in [-0.2, -0.15) is 0 Å². The number of likely N-dealkylation sites (N-methyl/N-ethyl adjacent to an activating group) is 1. The van der Waals surface area contributed by atoms with E-state index in [1.165, 1.54) is 30.5 Å². The molecular weight excluding hydrogens is 602 g/mol. The molecule has 0 bridgehead atoms. The third-order valence-electron chi connectivity index (χ3n) is 11.6. The quantitative estimate of drug-likeness (QED) is 0.260. The van der Waals surface area contributed by atoms with Crippen molar-refractivity contribution in [1.82, 2.24) is 25.4 Å². The van der Waals surface area contributed by atoms with Crippen molar-refractivity contribution in [2.75, 3.05) is 39.8 Å². The molecule has 3 aromatic rings. The predicted octanol–water partition coefficient (Wildman–Crippen LogP) is 5.23. The molecule has 48 heavy (non-hydrogen) atoms. The van der Waals surface area contributed by atoms with Crippen LogP contribution in [0.15, 0.2) is 48.5 Å². The van der Waals surface area contributed by atoms with Crippen LogP contribution < -0.4 is 10.6 Å². The summed E-state index contributed by atoms with van der Waals surface area (Å²) >= 11 is 0. The molecular formula is C39H49N5O4. The number of aryl methyl sites for hydroxylation is 1. The van der Waals surface area contributed by atoms with E-state index < -0.39 is 5.97 Å². The second-order valence-corrected chi connectivity index (χ2v) is 15.3. The van der Waals surface area contributed by atoms with Gasteiger partial charge in [-0.15, -0.1) is 0 Å². The first-order valence-electron chi connectivity index (χ1n) is 17.9. The third-order valence-corrected chi connectivity index (χ3v) is 11.6. The van der Waals surface area contributed by atoms with E-state index in [9.17, 15) is 19.5 Å². The Hall–Kier alpha value is -3.82. The average Bonchev–Trinajstić information content (AvgIpc) is 3.83. The number of benzene rings is 2. The summed E-state index contributed by atoms with van der Waals surface area (Å²) in [6.07, 6.45) is 8.60. The van der Waals surface area contributed by atoms with Crippen LogP contribution in [-0.4, -0.2) is 83.5 Å². The number of pyridine rings is 1.